The van der Waals surface area contributed by atoms with Gasteiger partial charge in [0.1, 0.15) is 66.7 Å². The lowest BCUT2D eigenvalue weighted by Gasteiger charge is -2.46. The van der Waals surface area contributed by atoms with Gasteiger partial charge in [0.25, 0.3) is 0 Å². The molecule has 26 heteroatoms. The van der Waals surface area contributed by atoms with Crippen LogP contribution in [0.1, 0.15) is 394 Å². The monoisotopic (exact) mass is 1620 g/mol. The van der Waals surface area contributed by atoms with Crippen LogP contribution in [-0.4, -0.2) is 198 Å². The summed E-state index contributed by atoms with van der Waals surface area (Å²) < 4.78 is 55.3. The van der Waals surface area contributed by atoms with Gasteiger partial charge in [0.2, 0.25) is 11.8 Å². The molecule has 0 aromatic heterocycles. The van der Waals surface area contributed by atoms with Gasteiger partial charge in [-0.15, -0.1) is 0 Å². The predicted molar refractivity (Wildman–Crippen MR) is 436 cm³/mol. The van der Waals surface area contributed by atoms with Crippen LogP contribution in [0.25, 0.3) is 0 Å². The number of ether oxygens (including phenoxy) is 5. The van der Waals surface area contributed by atoms with Crippen LogP contribution in [0.2, 0.25) is 0 Å². The average molecular weight is 1620 g/mol. The molecule has 0 aromatic carbocycles. The van der Waals surface area contributed by atoms with Gasteiger partial charge >= 0.3 is 13.8 Å². The van der Waals surface area contributed by atoms with Gasteiger partial charge in [-0.1, -0.05) is 342 Å². The Morgan fingerprint density at radius 1 is 0.393 bits per heavy atom. The fraction of sp³-hybridized carbons (Fsp3) is 0.953. The Morgan fingerprint density at radius 3 is 1.13 bits per heavy atom. The van der Waals surface area contributed by atoms with Crippen molar-refractivity contribution in [2.75, 3.05) is 19.8 Å². The number of hydrogen-bond acceptors (Lipinski definition) is 22. The SMILES string of the molecule is CCCCCCCCCCCCCCCC(=O)[C@H](CCCCCCCCCCCCCCC)CC(=O)N[C@H]1[C@H](OC[C@H]2O[C@@H](OP(=O)(O)O[C@@H]3O[C@@H](CO)[C@@H](O)[C@@H](O)[C@@H]3N)[C@H](NC(=O)C[C@H](O)CCCCCCCCCCCCC)[C@@H](OC(=O)C[C@H](O)CCCCCCCCCCCCCCC)[C@@H]2O)O[C@H](CO)[C@@H](O)[C@@H]1O. The van der Waals surface area contributed by atoms with E-state index in [-0.39, 0.29) is 25.0 Å². The van der Waals surface area contributed by atoms with E-state index in [0.29, 0.717) is 38.5 Å². The Kier molecular flexibility index (Phi) is 60.7. The number of phosphoric acid groups is 1. The van der Waals surface area contributed by atoms with Crippen molar-refractivity contribution in [3.8, 4) is 0 Å². The summed E-state index contributed by atoms with van der Waals surface area (Å²) in [5, 5.41) is 105. The summed E-state index contributed by atoms with van der Waals surface area (Å²) in [6.45, 7) is 6.24. The number of carbonyl (C=O) groups is 4. The average Bonchev–Trinajstić information content (AvgIpc) is 0.782. The van der Waals surface area contributed by atoms with Crippen molar-refractivity contribution in [2.24, 2.45) is 11.7 Å². The van der Waals surface area contributed by atoms with Crippen molar-refractivity contribution in [3.63, 3.8) is 0 Å². The number of aliphatic hydroxyl groups excluding tert-OH is 9. The van der Waals surface area contributed by atoms with Crippen molar-refractivity contribution in [1.29, 1.82) is 0 Å². The number of unbranched alkanes of at least 4 members (excludes halogenated alkanes) is 46. The van der Waals surface area contributed by atoms with Gasteiger partial charge in [-0.05, 0) is 25.7 Å². The molecule has 3 saturated heterocycles. The largest absolute Gasteiger partial charge is 0.477 e. The van der Waals surface area contributed by atoms with E-state index in [1.165, 1.54) is 180 Å². The summed E-state index contributed by atoms with van der Waals surface area (Å²) in [6.07, 6.45) is 30.7. The molecule has 3 aliphatic heterocycles. The van der Waals surface area contributed by atoms with Crippen LogP contribution >= 0.6 is 7.82 Å². The van der Waals surface area contributed by atoms with Gasteiger partial charge in [-0.2, -0.15) is 0 Å². The number of esters is 1. The minimum atomic E-state index is -5.71. The van der Waals surface area contributed by atoms with Gasteiger partial charge < -0.3 is 90.9 Å². The molecule has 25 nitrogen and oxygen atoms in total. The Bertz CT molecular complexity index is 2370. The van der Waals surface area contributed by atoms with E-state index < -0.39 is 168 Å². The van der Waals surface area contributed by atoms with Gasteiger partial charge in [-0.3, -0.25) is 28.2 Å². The maximum Gasteiger partial charge on any atom is 0.477 e. The second kappa shape index (κ2) is 65.5. The lowest BCUT2D eigenvalue weighted by Crippen LogP contribution is -2.67. The molecular formula is C86H164N3O22P. The molecule has 0 spiro atoms. The molecule has 112 heavy (non-hydrogen) atoms. The van der Waals surface area contributed by atoms with Crippen molar-refractivity contribution in [1.82, 2.24) is 10.6 Å². The fourth-order valence-corrected chi connectivity index (χ4v) is 16.7. The third kappa shape index (κ3) is 46.3. The first-order valence-electron chi connectivity index (χ1n) is 45.5. The highest BCUT2D eigenvalue weighted by Gasteiger charge is 2.54. The Morgan fingerprint density at radius 2 is 0.723 bits per heavy atom. The van der Waals surface area contributed by atoms with Gasteiger partial charge in [-0.25, -0.2) is 4.57 Å². The molecule has 3 heterocycles. The highest BCUT2D eigenvalue weighted by atomic mass is 31.2. The molecule has 2 amide bonds. The normalized spacial score (nSPS) is 25.5. The first-order chi connectivity index (χ1) is 54.1. The highest BCUT2D eigenvalue weighted by Crippen LogP contribution is 2.49. The third-order valence-electron chi connectivity index (χ3n) is 23.0. The fourth-order valence-electron chi connectivity index (χ4n) is 15.8. The summed E-state index contributed by atoms with van der Waals surface area (Å²) in [5.74, 6) is -3.37. The van der Waals surface area contributed by atoms with E-state index in [1.54, 1.807) is 0 Å². The molecule has 0 aliphatic carbocycles. The standard InChI is InChI=1S/C86H164N3O22P/c1-5-9-13-17-21-25-29-32-36-39-43-47-51-55-65(68(94)58-54-50-46-42-38-34-31-27-23-19-15-11-7-3)59-72(95)88-76-82(102)79(99)70(63-91)107-85(76)105-64-71-80(100)83(109-74(97)61-67(93)57-53-49-45-41-37-33-30-26-22-18-14-10-6-2)77(89-73(96)60-66(92)56-52-48-44-40-35-28-24-20-16-12-8-4)86(108-71)111-112(103,104)110-84-75(87)81(101)78(98)69(62-90)106-84/h65-67,69-71,75-86,90-93,98-102H,5-64,87H2,1-4H3,(H,88,95)(H,89,96)(H,103,104)/t65-,66-,67-,69+,70-,71-,75+,76-,77-,78-,79-,80-,81+,82-,83-,84+,85-,86+/m1/s1. The molecule has 19 atom stereocenters. The minimum Gasteiger partial charge on any atom is -0.457 e. The smallest absolute Gasteiger partial charge is 0.457 e. The summed E-state index contributed by atoms with van der Waals surface area (Å²) in [5.41, 5.74) is 6.11. The number of aliphatic hydroxyl groups is 9. The number of nitrogens with two attached hydrogens (primary N) is 1. The first-order valence-corrected chi connectivity index (χ1v) is 47.0. The van der Waals surface area contributed by atoms with E-state index in [0.717, 1.165) is 116 Å². The summed E-state index contributed by atoms with van der Waals surface area (Å²) in [4.78, 5) is 68.7. The van der Waals surface area contributed by atoms with Crippen molar-refractivity contribution < 1.29 is 107 Å². The molecule has 0 bridgehead atoms. The summed E-state index contributed by atoms with van der Waals surface area (Å²) >= 11 is 0. The minimum absolute atomic E-state index is 0.0477. The maximum atomic E-state index is 14.5. The van der Waals surface area contributed by atoms with Crippen LogP contribution in [0.4, 0.5) is 0 Å². The van der Waals surface area contributed by atoms with Gasteiger partial charge in [0.15, 0.2) is 25.0 Å². The predicted octanol–water partition coefficient (Wildman–Crippen LogP) is 14.5. The zero-order chi connectivity index (χ0) is 82.0. The third-order valence-corrected chi connectivity index (χ3v) is 23.9. The topological polar surface area (TPSA) is 402 Å². The quantitative estimate of drug-likeness (QED) is 0.0153. The molecule has 3 fully saturated rings. The van der Waals surface area contributed by atoms with Crippen molar-refractivity contribution in [3.05, 3.63) is 0 Å². The molecule has 0 saturated carbocycles. The Balaban J connectivity index is 1.92. The first kappa shape index (κ1) is 104. The number of hydrogen-bond donors (Lipinski definition) is 13. The van der Waals surface area contributed by atoms with E-state index >= 15 is 0 Å². The zero-order valence-corrected chi connectivity index (χ0v) is 71.1. The van der Waals surface area contributed by atoms with Crippen molar-refractivity contribution in [2.45, 2.75) is 498 Å². The van der Waals surface area contributed by atoms with Crippen LogP contribution in [0, 0.1) is 5.92 Å². The molecule has 3 aliphatic rings. The van der Waals surface area contributed by atoms with Crippen LogP contribution in [0.5, 0.6) is 0 Å². The van der Waals surface area contributed by atoms with E-state index in [9.17, 15) is 74.6 Å². The molecule has 660 valence electrons. The molecule has 1 unspecified atom stereocenters. The summed E-state index contributed by atoms with van der Waals surface area (Å²) in [6, 6.07) is -5.27. The lowest BCUT2D eigenvalue weighted by molar-refractivity contribution is -0.298. The Labute approximate surface area is 675 Å². The zero-order valence-electron chi connectivity index (χ0n) is 70.2. The summed E-state index contributed by atoms with van der Waals surface area (Å²) in [7, 11) is -5.71. The number of amides is 2. The molecule has 14 N–H and O–H groups in total. The molecule has 3 rings (SSSR count). The lowest BCUT2D eigenvalue weighted by atomic mass is 9.89. The van der Waals surface area contributed by atoms with Crippen LogP contribution < -0.4 is 16.4 Å². The second-order valence-corrected chi connectivity index (χ2v) is 34.5. The molecule has 0 radical (unpaired) electrons. The van der Waals surface area contributed by atoms with E-state index in [1.807, 2.05) is 0 Å². The molecule has 0 aromatic rings. The second-order valence-electron chi connectivity index (χ2n) is 33.1. The number of nitrogens with one attached hydrogen (secondary N) is 2. The molecular weight excluding hydrogens is 1460 g/mol. The van der Waals surface area contributed by atoms with Gasteiger partial charge in [0.05, 0.1) is 50.9 Å². The van der Waals surface area contributed by atoms with Crippen LogP contribution in [-0.2, 0) is 56.5 Å². The van der Waals surface area contributed by atoms with E-state index in [2.05, 4.69) is 38.3 Å². The van der Waals surface area contributed by atoms with Gasteiger partial charge in [0, 0.05) is 18.8 Å². The van der Waals surface area contributed by atoms with Crippen molar-refractivity contribution >= 4 is 31.4 Å². The maximum absolute atomic E-state index is 14.5. The van der Waals surface area contributed by atoms with Crippen LogP contribution in [0.3, 0.4) is 0 Å². The van der Waals surface area contributed by atoms with E-state index in [4.69, 9.17) is 38.5 Å². The number of Topliss-reactive ketones (excluding diaryl/α,β-unsaturated/α-hetero) is 1. The number of rotatable bonds is 73. The number of phosphoric ester groups is 1. The number of carbonyl (C=O) groups excluding carboxylic acids is 4. The number of ketones is 1. The van der Waals surface area contributed by atoms with Crippen LogP contribution in [0.15, 0.2) is 0 Å². The highest BCUT2D eigenvalue weighted by molar-refractivity contribution is 7.47. The Hall–Kier alpha value is -2.37.